The third-order valence-corrected chi connectivity index (χ3v) is 5.37. The van der Waals surface area contributed by atoms with E-state index in [0.717, 1.165) is 45.3 Å². The molecule has 3 nitrogen and oxygen atoms in total. The highest BCUT2D eigenvalue weighted by Gasteiger charge is 2.11. The Hall–Kier alpha value is -0.570. The monoisotopic (exact) mass is 382 g/mol. The van der Waals surface area contributed by atoms with E-state index >= 15 is 0 Å². The number of carbonyl (C=O) groups is 1. The molecule has 0 aliphatic carbocycles. The van der Waals surface area contributed by atoms with Gasteiger partial charge in [-0.2, -0.15) is 0 Å². The van der Waals surface area contributed by atoms with E-state index in [9.17, 15) is 4.79 Å². The Morgan fingerprint density at radius 3 is 1.48 bits per heavy atom. The molecule has 0 saturated heterocycles. The fourth-order valence-electron chi connectivity index (χ4n) is 3.66. The molecule has 3 heteroatoms. The van der Waals surface area contributed by atoms with Crippen molar-refractivity contribution in [2.45, 2.75) is 117 Å². The normalized spacial score (nSPS) is 11.3. The van der Waals surface area contributed by atoms with Crippen LogP contribution in [0.15, 0.2) is 0 Å². The van der Waals surface area contributed by atoms with Crippen LogP contribution in [-0.4, -0.2) is 49.4 Å². The van der Waals surface area contributed by atoms with Crippen molar-refractivity contribution in [1.29, 1.82) is 0 Å². The molecule has 0 unspecified atom stereocenters. The van der Waals surface area contributed by atoms with Gasteiger partial charge in [-0.15, -0.1) is 0 Å². The molecule has 0 aromatic rings. The molecule has 0 spiro atoms. The fourth-order valence-corrected chi connectivity index (χ4v) is 3.66. The van der Waals surface area contributed by atoms with Gasteiger partial charge in [0.05, 0.1) is 0 Å². The number of unbranched alkanes of at least 4 members (excludes halogenated alkanes) is 12. The number of hydrogen-bond acceptors (Lipinski definition) is 2. The summed E-state index contributed by atoms with van der Waals surface area (Å²) in [6, 6.07) is 0. The lowest BCUT2D eigenvalue weighted by Crippen LogP contribution is -2.33. The van der Waals surface area contributed by atoms with Gasteiger partial charge in [0.2, 0.25) is 5.91 Å². The van der Waals surface area contributed by atoms with Crippen LogP contribution in [0.1, 0.15) is 117 Å². The largest absolute Gasteiger partial charge is 0.343 e. The Morgan fingerprint density at radius 2 is 1.04 bits per heavy atom. The standard InChI is InChI=1S/C24H50N2O/c1-5-7-8-9-10-11-12-13-14-15-16-17-18-20-24(27)26(21-6-2)23-19-22-25(3)4/h5-23H2,1-4H3. The highest BCUT2D eigenvalue weighted by Crippen LogP contribution is 2.13. The van der Waals surface area contributed by atoms with Crippen LogP contribution in [-0.2, 0) is 4.79 Å². The topological polar surface area (TPSA) is 23.6 Å². The Labute approximate surface area is 171 Å². The first-order valence-corrected chi connectivity index (χ1v) is 12.0. The molecule has 0 heterocycles. The smallest absolute Gasteiger partial charge is 0.222 e. The zero-order valence-corrected chi connectivity index (χ0v) is 19.2. The van der Waals surface area contributed by atoms with Gasteiger partial charge < -0.3 is 9.80 Å². The zero-order chi connectivity index (χ0) is 20.2. The Kier molecular flexibility index (Phi) is 19.7. The fraction of sp³-hybridized carbons (Fsp3) is 0.958. The molecule has 0 aromatic carbocycles. The molecule has 27 heavy (non-hydrogen) atoms. The summed E-state index contributed by atoms with van der Waals surface area (Å²) in [6.07, 6.45) is 20.5. The second-order valence-corrected chi connectivity index (χ2v) is 8.53. The summed E-state index contributed by atoms with van der Waals surface area (Å²) >= 11 is 0. The number of rotatable bonds is 20. The molecule has 0 aliphatic heterocycles. The van der Waals surface area contributed by atoms with E-state index in [1.807, 2.05) is 0 Å². The minimum atomic E-state index is 0.374. The van der Waals surface area contributed by atoms with Crippen molar-refractivity contribution in [2.75, 3.05) is 33.7 Å². The minimum absolute atomic E-state index is 0.374. The van der Waals surface area contributed by atoms with Crippen molar-refractivity contribution in [3.05, 3.63) is 0 Å². The van der Waals surface area contributed by atoms with Gasteiger partial charge >= 0.3 is 0 Å². The van der Waals surface area contributed by atoms with Crippen LogP contribution in [0.5, 0.6) is 0 Å². The van der Waals surface area contributed by atoms with Crippen LogP contribution >= 0.6 is 0 Å². The van der Waals surface area contributed by atoms with Gasteiger partial charge in [0.15, 0.2) is 0 Å². The maximum atomic E-state index is 12.4. The summed E-state index contributed by atoms with van der Waals surface area (Å²) in [5.41, 5.74) is 0. The summed E-state index contributed by atoms with van der Waals surface area (Å²) in [6.45, 7) is 7.35. The average Bonchev–Trinajstić information content (AvgIpc) is 2.64. The lowest BCUT2D eigenvalue weighted by atomic mass is 10.0. The van der Waals surface area contributed by atoms with E-state index in [4.69, 9.17) is 0 Å². The molecular weight excluding hydrogens is 332 g/mol. The SMILES string of the molecule is CCCCCCCCCCCCCCCC(=O)N(CCC)CCCN(C)C. The van der Waals surface area contributed by atoms with Crippen molar-refractivity contribution in [3.8, 4) is 0 Å². The third-order valence-electron chi connectivity index (χ3n) is 5.37. The van der Waals surface area contributed by atoms with Gasteiger partial charge in [-0.05, 0) is 39.9 Å². The first-order valence-electron chi connectivity index (χ1n) is 12.0. The van der Waals surface area contributed by atoms with Crippen LogP contribution in [0.4, 0.5) is 0 Å². The molecule has 0 N–H and O–H groups in total. The van der Waals surface area contributed by atoms with E-state index in [0.29, 0.717) is 5.91 Å². The lowest BCUT2D eigenvalue weighted by molar-refractivity contribution is -0.131. The van der Waals surface area contributed by atoms with Crippen molar-refractivity contribution >= 4 is 5.91 Å². The number of amides is 1. The second kappa shape index (κ2) is 20.2. The van der Waals surface area contributed by atoms with E-state index < -0.39 is 0 Å². The van der Waals surface area contributed by atoms with Gasteiger partial charge in [0.25, 0.3) is 0 Å². The first-order chi connectivity index (χ1) is 13.1. The quantitative estimate of drug-likeness (QED) is 0.220. The van der Waals surface area contributed by atoms with E-state index in [1.165, 1.54) is 77.0 Å². The highest BCUT2D eigenvalue weighted by molar-refractivity contribution is 5.76. The second-order valence-electron chi connectivity index (χ2n) is 8.53. The van der Waals surface area contributed by atoms with Gasteiger partial charge in [0, 0.05) is 19.5 Å². The Bertz CT molecular complexity index is 318. The number of nitrogens with zero attached hydrogens (tertiary/aromatic N) is 2. The van der Waals surface area contributed by atoms with Crippen LogP contribution < -0.4 is 0 Å². The van der Waals surface area contributed by atoms with Crippen LogP contribution in [0.25, 0.3) is 0 Å². The summed E-state index contributed by atoms with van der Waals surface area (Å²) < 4.78 is 0. The van der Waals surface area contributed by atoms with Crippen molar-refractivity contribution in [1.82, 2.24) is 9.80 Å². The Morgan fingerprint density at radius 1 is 0.556 bits per heavy atom. The van der Waals surface area contributed by atoms with Gasteiger partial charge in [-0.3, -0.25) is 4.79 Å². The van der Waals surface area contributed by atoms with E-state index in [-0.39, 0.29) is 0 Å². The molecule has 1 amide bonds. The molecule has 0 aliphatic rings. The molecule has 0 atom stereocenters. The summed E-state index contributed by atoms with van der Waals surface area (Å²) in [7, 11) is 4.19. The highest BCUT2D eigenvalue weighted by atomic mass is 16.2. The Balaban J connectivity index is 3.51. The van der Waals surface area contributed by atoms with Crippen molar-refractivity contribution in [3.63, 3.8) is 0 Å². The minimum Gasteiger partial charge on any atom is -0.343 e. The van der Waals surface area contributed by atoms with Crippen LogP contribution in [0.2, 0.25) is 0 Å². The van der Waals surface area contributed by atoms with Crippen molar-refractivity contribution < 1.29 is 4.79 Å². The van der Waals surface area contributed by atoms with Crippen LogP contribution in [0.3, 0.4) is 0 Å². The average molecular weight is 383 g/mol. The molecular formula is C24H50N2O. The molecule has 0 saturated carbocycles. The molecule has 0 rings (SSSR count). The first kappa shape index (κ1) is 26.4. The molecule has 0 aromatic heterocycles. The molecule has 0 fully saturated rings. The lowest BCUT2D eigenvalue weighted by Gasteiger charge is -2.23. The molecule has 0 bridgehead atoms. The number of hydrogen-bond donors (Lipinski definition) is 0. The van der Waals surface area contributed by atoms with Gasteiger partial charge in [-0.25, -0.2) is 0 Å². The molecule has 162 valence electrons. The maximum absolute atomic E-state index is 12.4. The predicted octanol–water partition coefficient (Wildman–Crippen LogP) is 6.66. The summed E-state index contributed by atoms with van der Waals surface area (Å²) in [4.78, 5) is 16.7. The van der Waals surface area contributed by atoms with Crippen molar-refractivity contribution in [2.24, 2.45) is 0 Å². The maximum Gasteiger partial charge on any atom is 0.222 e. The van der Waals surface area contributed by atoms with Crippen LogP contribution in [0, 0.1) is 0 Å². The zero-order valence-electron chi connectivity index (χ0n) is 19.2. The summed E-state index contributed by atoms with van der Waals surface area (Å²) in [5, 5.41) is 0. The molecule has 0 radical (unpaired) electrons. The van der Waals surface area contributed by atoms with Gasteiger partial charge in [0.1, 0.15) is 0 Å². The van der Waals surface area contributed by atoms with E-state index in [1.54, 1.807) is 0 Å². The van der Waals surface area contributed by atoms with E-state index in [2.05, 4.69) is 37.7 Å². The van der Waals surface area contributed by atoms with Gasteiger partial charge in [-0.1, -0.05) is 90.9 Å². The third kappa shape index (κ3) is 18.6. The number of carbonyl (C=O) groups excluding carboxylic acids is 1. The predicted molar refractivity (Wildman–Crippen MR) is 120 cm³/mol. The summed E-state index contributed by atoms with van der Waals surface area (Å²) in [5.74, 6) is 0.374.